The largest absolute Gasteiger partial charge is 0.293 e. The molecule has 0 spiro atoms. The van der Waals surface area contributed by atoms with E-state index in [2.05, 4.69) is 61.6 Å². The van der Waals surface area contributed by atoms with Gasteiger partial charge in [-0.25, -0.2) is 0 Å². The number of Topliss-reactive ketones (excluding diaryl/α,β-unsaturated/α-hetero) is 1. The lowest BCUT2D eigenvalue weighted by Crippen LogP contribution is -2.18. The third kappa shape index (κ3) is 3.61. The summed E-state index contributed by atoms with van der Waals surface area (Å²) in [6, 6.07) is 20.2. The lowest BCUT2D eigenvalue weighted by atomic mass is 9.80. The Morgan fingerprint density at radius 2 is 1.46 bits per heavy atom. The molecule has 26 heavy (non-hydrogen) atoms. The van der Waals surface area contributed by atoms with Gasteiger partial charge in [-0.3, -0.25) is 4.79 Å². The Hall–Kier alpha value is -1.94. The summed E-state index contributed by atoms with van der Waals surface area (Å²) in [5, 5.41) is 0. The number of carbonyl (C=O) groups excluding carboxylic acids is 1. The van der Waals surface area contributed by atoms with Crippen LogP contribution in [-0.4, -0.2) is 5.78 Å². The van der Waals surface area contributed by atoms with Crippen molar-refractivity contribution in [2.24, 2.45) is 0 Å². The lowest BCUT2D eigenvalue weighted by molar-refractivity contribution is 0.0973. The third-order valence-electron chi connectivity index (χ3n) is 4.96. The highest BCUT2D eigenvalue weighted by Crippen LogP contribution is 2.36. The van der Waals surface area contributed by atoms with E-state index in [1.54, 1.807) is 0 Å². The van der Waals surface area contributed by atoms with Crippen LogP contribution in [0.5, 0.6) is 0 Å². The molecule has 2 heteroatoms. The van der Waals surface area contributed by atoms with Gasteiger partial charge in [-0.1, -0.05) is 66.2 Å². The maximum absolute atomic E-state index is 13.6. The predicted octanol–water partition coefficient (Wildman–Crippen LogP) is 6.54. The highest BCUT2D eigenvalue weighted by Gasteiger charge is 2.28. The van der Waals surface area contributed by atoms with Crippen molar-refractivity contribution in [1.29, 1.82) is 0 Å². The van der Waals surface area contributed by atoms with Crippen molar-refractivity contribution in [3.05, 3.63) is 103 Å². The number of hydrogen-bond donors (Lipinski definition) is 0. The zero-order valence-corrected chi connectivity index (χ0v) is 17.8. The normalized spacial score (nSPS) is 12.0. The fourth-order valence-corrected chi connectivity index (χ4v) is 4.05. The highest BCUT2D eigenvalue weighted by atomic mass is 127. The van der Waals surface area contributed by atoms with Gasteiger partial charge < -0.3 is 0 Å². The van der Waals surface area contributed by atoms with Gasteiger partial charge in [0.05, 0.1) is 5.92 Å². The number of benzene rings is 3. The molecule has 0 N–H and O–H groups in total. The van der Waals surface area contributed by atoms with Crippen molar-refractivity contribution in [3.63, 3.8) is 0 Å². The standard InChI is InChI=1S/C24H23IO/c1-15-10-12-20(13-11-15)24(26)22(19-8-6-5-7-9-19)21-16(2)14-17(3)23(25)18(21)4/h5-14,22H,1-4H3. The van der Waals surface area contributed by atoms with Gasteiger partial charge >= 0.3 is 0 Å². The van der Waals surface area contributed by atoms with E-state index < -0.39 is 0 Å². The molecule has 132 valence electrons. The zero-order valence-electron chi connectivity index (χ0n) is 15.6. The monoisotopic (exact) mass is 454 g/mol. The summed E-state index contributed by atoms with van der Waals surface area (Å²) in [6.45, 7) is 8.42. The molecule has 0 aliphatic heterocycles. The second-order valence-corrected chi connectivity index (χ2v) is 8.02. The molecule has 1 unspecified atom stereocenters. The molecule has 0 saturated carbocycles. The van der Waals surface area contributed by atoms with Gasteiger partial charge in [-0.2, -0.15) is 0 Å². The van der Waals surface area contributed by atoms with Crippen molar-refractivity contribution >= 4 is 28.4 Å². The summed E-state index contributed by atoms with van der Waals surface area (Å²) in [7, 11) is 0. The number of ketones is 1. The van der Waals surface area contributed by atoms with Gasteiger partial charge in [0.15, 0.2) is 5.78 Å². The fraction of sp³-hybridized carbons (Fsp3) is 0.208. The van der Waals surface area contributed by atoms with Crippen LogP contribution < -0.4 is 0 Å². The molecular weight excluding hydrogens is 431 g/mol. The fourth-order valence-electron chi connectivity index (χ4n) is 3.60. The summed E-state index contributed by atoms with van der Waals surface area (Å²) in [5.74, 6) is -0.130. The molecule has 0 bridgehead atoms. The summed E-state index contributed by atoms with van der Waals surface area (Å²) in [6.07, 6.45) is 0. The van der Waals surface area contributed by atoms with Crippen molar-refractivity contribution in [1.82, 2.24) is 0 Å². The number of aryl methyl sites for hydroxylation is 3. The zero-order chi connectivity index (χ0) is 18.8. The van der Waals surface area contributed by atoms with E-state index in [9.17, 15) is 4.79 Å². The number of halogens is 1. The SMILES string of the molecule is Cc1ccc(C(=O)C(c2ccccc2)c2c(C)cc(C)c(I)c2C)cc1. The molecule has 0 fully saturated rings. The first-order valence-corrected chi connectivity index (χ1v) is 9.90. The summed E-state index contributed by atoms with van der Waals surface area (Å²) in [4.78, 5) is 13.6. The van der Waals surface area contributed by atoms with E-state index in [0.29, 0.717) is 0 Å². The first-order valence-electron chi connectivity index (χ1n) is 8.82. The molecule has 0 aliphatic rings. The van der Waals surface area contributed by atoms with Crippen LogP contribution in [0.4, 0.5) is 0 Å². The van der Waals surface area contributed by atoms with Crippen molar-refractivity contribution in [2.75, 3.05) is 0 Å². The Kier molecular flexibility index (Phi) is 5.61. The maximum Gasteiger partial charge on any atom is 0.174 e. The molecular formula is C24H23IO. The molecule has 3 aromatic rings. The van der Waals surface area contributed by atoms with Gasteiger partial charge in [0.25, 0.3) is 0 Å². The molecule has 0 amide bonds. The van der Waals surface area contributed by atoms with Gasteiger partial charge in [0.2, 0.25) is 0 Å². The average Bonchev–Trinajstić information content (AvgIpc) is 2.64. The molecule has 0 aliphatic carbocycles. The summed E-state index contributed by atoms with van der Waals surface area (Å²) >= 11 is 2.40. The Morgan fingerprint density at radius 1 is 0.846 bits per heavy atom. The minimum Gasteiger partial charge on any atom is -0.293 e. The molecule has 1 nitrogen and oxygen atoms in total. The van der Waals surface area contributed by atoms with Crippen LogP contribution in [0.25, 0.3) is 0 Å². The first kappa shape index (κ1) is 18.8. The van der Waals surface area contributed by atoms with E-state index in [1.165, 1.54) is 20.3 Å². The molecule has 3 rings (SSSR count). The Labute approximate surface area is 169 Å². The topological polar surface area (TPSA) is 17.1 Å². The lowest BCUT2D eigenvalue weighted by Gasteiger charge is -2.23. The van der Waals surface area contributed by atoms with E-state index in [4.69, 9.17) is 0 Å². The van der Waals surface area contributed by atoms with Crippen molar-refractivity contribution < 1.29 is 4.79 Å². The second-order valence-electron chi connectivity index (χ2n) is 6.94. The van der Waals surface area contributed by atoms with Crippen LogP contribution in [-0.2, 0) is 0 Å². The van der Waals surface area contributed by atoms with Crippen LogP contribution in [0.1, 0.15) is 49.7 Å². The minimum absolute atomic E-state index is 0.155. The molecule has 3 aromatic carbocycles. The van der Waals surface area contributed by atoms with Gasteiger partial charge in [0.1, 0.15) is 0 Å². The Morgan fingerprint density at radius 3 is 2.08 bits per heavy atom. The van der Waals surface area contributed by atoms with E-state index in [0.717, 1.165) is 22.3 Å². The number of carbonyl (C=O) groups is 1. The summed E-state index contributed by atoms with van der Waals surface area (Å²) < 4.78 is 1.24. The van der Waals surface area contributed by atoms with Gasteiger partial charge in [-0.05, 0) is 78.1 Å². The molecule has 1 atom stereocenters. The second kappa shape index (κ2) is 7.75. The molecule has 0 aromatic heterocycles. The number of hydrogen-bond acceptors (Lipinski definition) is 1. The third-order valence-corrected chi connectivity index (χ3v) is 6.62. The van der Waals surface area contributed by atoms with Crippen LogP contribution in [0.2, 0.25) is 0 Å². The first-order chi connectivity index (χ1) is 12.4. The molecule has 0 saturated heterocycles. The molecule has 0 radical (unpaired) electrons. The maximum atomic E-state index is 13.6. The average molecular weight is 454 g/mol. The molecule has 0 heterocycles. The van der Waals surface area contributed by atoms with Gasteiger partial charge in [0, 0.05) is 9.13 Å². The predicted molar refractivity (Wildman–Crippen MR) is 117 cm³/mol. The number of rotatable bonds is 4. The van der Waals surface area contributed by atoms with Crippen molar-refractivity contribution in [3.8, 4) is 0 Å². The van der Waals surface area contributed by atoms with E-state index >= 15 is 0 Å². The van der Waals surface area contributed by atoms with Crippen molar-refractivity contribution in [2.45, 2.75) is 33.6 Å². The van der Waals surface area contributed by atoms with Gasteiger partial charge in [-0.15, -0.1) is 0 Å². The van der Waals surface area contributed by atoms with Crippen LogP contribution in [0.15, 0.2) is 60.7 Å². The Bertz CT molecular complexity index is 940. The van der Waals surface area contributed by atoms with Crippen LogP contribution in [0, 0.1) is 31.3 Å². The smallest absolute Gasteiger partial charge is 0.174 e. The van der Waals surface area contributed by atoms with Crippen LogP contribution in [0.3, 0.4) is 0 Å². The minimum atomic E-state index is -0.284. The summed E-state index contributed by atoms with van der Waals surface area (Å²) in [5.41, 5.74) is 7.75. The van der Waals surface area contributed by atoms with Crippen LogP contribution >= 0.6 is 22.6 Å². The Balaban J connectivity index is 2.22. The van der Waals surface area contributed by atoms with E-state index in [-0.39, 0.29) is 11.7 Å². The quantitative estimate of drug-likeness (QED) is 0.323. The van der Waals surface area contributed by atoms with E-state index in [1.807, 2.05) is 49.4 Å². The highest BCUT2D eigenvalue weighted by molar-refractivity contribution is 14.1.